The first-order valence-corrected chi connectivity index (χ1v) is 7.60. The summed E-state index contributed by atoms with van der Waals surface area (Å²) in [5.74, 6) is 1.02. The number of benzene rings is 2. The maximum atomic E-state index is 6.01. The molecular weight excluding hydrogens is 324 g/mol. The molecular formula is C16H14BrClO. The van der Waals surface area contributed by atoms with Crippen LogP contribution in [-0.4, -0.2) is 6.61 Å². The van der Waals surface area contributed by atoms with Gasteiger partial charge in [-0.2, -0.15) is 0 Å². The number of halogens is 2. The predicted octanol–water partition coefficient (Wildman–Crippen LogP) is 5.07. The van der Waals surface area contributed by atoms with E-state index >= 15 is 0 Å². The lowest BCUT2D eigenvalue weighted by molar-refractivity contribution is 0.357. The molecule has 1 heterocycles. The zero-order chi connectivity index (χ0) is 13.4. The molecule has 2 aromatic rings. The third-order valence-electron chi connectivity index (χ3n) is 3.51. The quantitative estimate of drug-likeness (QED) is 0.695. The lowest BCUT2D eigenvalue weighted by atomic mass is 9.98. The Morgan fingerprint density at radius 2 is 2.05 bits per heavy atom. The molecule has 0 bridgehead atoms. The third-order valence-corrected chi connectivity index (χ3v) is 4.77. The Kier molecular flexibility index (Phi) is 3.55. The zero-order valence-corrected chi connectivity index (χ0v) is 13.0. The van der Waals surface area contributed by atoms with Crippen LogP contribution >= 0.6 is 27.5 Å². The van der Waals surface area contributed by atoms with E-state index in [1.807, 2.05) is 12.1 Å². The van der Waals surface area contributed by atoms with Crippen molar-refractivity contribution in [1.82, 2.24) is 0 Å². The van der Waals surface area contributed by atoms with E-state index in [4.69, 9.17) is 16.3 Å². The summed E-state index contributed by atoms with van der Waals surface area (Å²) in [4.78, 5) is 0.190. The first-order chi connectivity index (χ1) is 9.15. The van der Waals surface area contributed by atoms with Crippen LogP contribution < -0.4 is 4.74 Å². The van der Waals surface area contributed by atoms with Gasteiger partial charge in [0.15, 0.2) is 0 Å². The Labute approximate surface area is 126 Å². The molecule has 19 heavy (non-hydrogen) atoms. The second-order valence-electron chi connectivity index (χ2n) is 4.83. The summed E-state index contributed by atoms with van der Waals surface area (Å²) >= 11 is 9.81. The summed E-state index contributed by atoms with van der Waals surface area (Å²) in [6, 6.07) is 12.4. The van der Waals surface area contributed by atoms with Gasteiger partial charge >= 0.3 is 0 Å². The standard InChI is InChI=1S/C16H14BrClO/c1-10-8-13(18)3-4-14(10)16(17)12-2-5-15-11(9-12)6-7-19-15/h2-5,8-9,16H,6-7H2,1H3. The molecule has 98 valence electrons. The lowest BCUT2D eigenvalue weighted by Crippen LogP contribution is -1.96. The van der Waals surface area contributed by atoms with Gasteiger partial charge in [0.2, 0.25) is 0 Å². The van der Waals surface area contributed by atoms with Crippen LogP contribution in [0, 0.1) is 6.92 Å². The van der Waals surface area contributed by atoms with Crippen molar-refractivity contribution in [2.45, 2.75) is 18.2 Å². The van der Waals surface area contributed by atoms with Crippen molar-refractivity contribution in [3.05, 3.63) is 63.7 Å². The van der Waals surface area contributed by atoms with Gasteiger partial charge in [-0.15, -0.1) is 0 Å². The van der Waals surface area contributed by atoms with Gasteiger partial charge in [0, 0.05) is 11.4 Å². The van der Waals surface area contributed by atoms with Gasteiger partial charge < -0.3 is 4.74 Å². The van der Waals surface area contributed by atoms with Crippen molar-refractivity contribution in [1.29, 1.82) is 0 Å². The molecule has 0 radical (unpaired) electrons. The monoisotopic (exact) mass is 336 g/mol. The molecule has 1 nitrogen and oxygen atoms in total. The van der Waals surface area contributed by atoms with Crippen LogP contribution in [0.5, 0.6) is 5.75 Å². The highest BCUT2D eigenvalue weighted by Gasteiger charge is 2.17. The van der Waals surface area contributed by atoms with Crippen molar-refractivity contribution in [3.63, 3.8) is 0 Å². The normalized spacial score (nSPS) is 14.9. The second kappa shape index (κ2) is 5.18. The first kappa shape index (κ1) is 13.0. The lowest BCUT2D eigenvalue weighted by Gasteiger charge is -2.15. The average molecular weight is 338 g/mol. The van der Waals surface area contributed by atoms with E-state index in [2.05, 4.69) is 47.1 Å². The van der Waals surface area contributed by atoms with E-state index in [1.54, 1.807) is 0 Å². The number of ether oxygens (including phenoxy) is 1. The van der Waals surface area contributed by atoms with Crippen LogP contribution in [0.1, 0.15) is 27.1 Å². The number of hydrogen-bond acceptors (Lipinski definition) is 1. The molecule has 1 aliphatic rings. The molecule has 0 N–H and O–H groups in total. The zero-order valence-electron chi connectivity index (χ0n) is 10.6. The number of fused-ring (bicyclic) bond motifs is 1. The highest BCUT2D eigenvalue weighted by Crippen LogP contribution is 2.36. The smallest absolute Gasteiger partial charge is 0.122 e. The van der Waals surface area contributed by atoms with E-state index in [1.165, 1.54) is 22.3 Å². The van der Waals surface area contributed by atoms with E-state index < -0.39 is 0 Å². The van der Waals surface area contributed by atoms with E-state index in [9.17, 15) is 0 Å². The molecule has 2 aromatic carbocycles. The van der Waals surface area contributed by atoms with Crippen molar-refractivity contribution in [3.8, 4) is 5.75 Å². The Morgan fingerprint density at radius 3 is 2.84 bits per heavy atom. The summed E-state index contributed by atoms with van der Waals surface area (Å²) in [6.07, 6.45) is 1.00. The second-order valence-corrected chi connectivity index (χ2v) is 6.18. The third kappa shape index (κ3) is 2.52. The molecule has 0 amide bonds. The highest BCUT2D eigenvalue weighted by atomic mass is 79.9. The molecule has 1 atom stereocenters. The number of aryl methyl sites for hydroxylation is 1. The number of alkyl halides is 1. The van der Waals surface area contributed by atoms with Gasteiger partial charge in [-0.1, -0.05) is 45.7 Å². The van der Waals surface area contributed by atoms with Crippen molar-refractivity contribution in [2.24, 2.45) is 0 Å². The minimum Gasteiger partial charge on any atom is -0.493 e. The highest BCUT2D eigenvalue weighted by molar-refractivity contribution is 9.09. The first-order valence-electron chi connectivity index (χ1n) is 6.31. The summed E-state index contributed by atoms with van der Waals surface area (Å²) in [7, 11) is 0. The van der Waals surface area contributed by atoms with E-state index in [0.717, 1.165) is 23.8 Å². The van der Waals surface area contributed by atoms with E-state index in [0.29, 0.717) is 0 Å². The Hall–Kier alpha value is -0.990. The van der Waals surface area contributed by atoms with Gasteiger partial charge in [-0.25, -0.2) is 0 Å². The summed E-state index contributed by atoms with van der Waals surface area (Å²) in [5, 5.41) is 0.781. The molecule has 3 heteroatoms. The van der Waals surface area contributed by atoms with Crippen molar-refractivity contribution in [2.75, 3.05) is 6.61 Å². The fourth-order valence-corrected chi connectivity index (χ4v) is 3.49. The molecule has 0 aliphatic carbocycles. The maximum Gasteiger partial charge on any atom is 0.122 e. The average Bonchev–Trinajstić information content (AvgIpc) is 2.85. The fourth-order valence-electron chi connectivity index (χ4n) is 2.47. The Bertz CT molecular complexity index is 624. The summed E-state index contributed by atoms with van der Waals surface area (Å²) in [6.45, 7) is 2.89. The largest absolute Gasteiger partial charge is 0.493 e. The van der Waals surface area contributed by atoms with Gasteiger partial charge in [0.05, 0.1) is 11.4 Å². The van der Waals surface area contributed by atoms with Crippen LogP contribution in [0.4, 0.5) is 0 Å². The van der Waals surface area contributed by atoms with Gasteiger partial charge in [0.25, 0.3) is 0 Å². The van der Waals surface area contributed by atoms with Crippen molar-refractivity contribution >= 4 is 27.5 Å². The molecule has 1 unspecified atom stereocenters. The summed E-state index contributed by atoms with van der Waals surface area (Å²) < 4.78 is 5.55. The molecule has 3 rings (SSSR count). The molecule has 0 fully saturated rings. The Morgan fingerprint density at radius 1 is 1.21 bits per heavy atom. The molecule has 0 aromatic heterocycles. The molecule has 0 saturated heterocycles. The topological polar surface area (TPSA) is 9.23 Å². The minimum atomic E-state index is 0.190. The minimum absolute atomic E-state index is 0.190. The van der Waals surface area contributed by atoms with Gasteiger partial charge in [-0.3, -0.25) is 0 Å². The predicted molar refractivity (Wildman–Crippen MR) is 82.6 cm³/mol. The van der Waals surface area contributed by atoms with Gasteiger partial charge in [0.1, 0.15) is 5.75 Å². The van der Waals surface area contributed by atoms with Crippen LogP contribution in [0.15, 0.2) is 36.4 Å². The summed E-state index contributed by atoms with van der Waals surface area (Å²) in [5.41, 5.74) is 5.01. The van der Waals surface area contributed by atoms with Crippen LogP contribution in [0.3, 0.4) is 0 Å². The fraction of sp³-hybridized carbons (Fsp3) is 0.250. The van der Waals surface area contributed by atoms with Crippen molar-refractivity contribution < 1.29 is 4.74 Å². The van der Waals surface area contributed by atoms with Crippen LogP contribution in [0.25, 0.3) is 0 Å². The van der Waals surface area contributed by atoms with Crippen LogP contribution in [0.2, 0.25) is 5.02 Å². The SMILES string of the molecule is Cc1cc(Cl)ccc1C(Br)c1ccc2c(c1)CCO2. The number of hydrogen-bond donors (Lipinski definition) is 0. The van der Waals surface area contributed by atoms with Gasteiger partial charge in [-0.05, 0) is 47.4 Å². The van der Waals surface area contributed by atoms with E-state index in [-0.39, 0.29) is 4.83 Å². The molecule has 0 saturated carbocycles. The Balaban J connectivity index is 1.97. The number of rotatable bonds is 2. The maximum absolute atomic E-state index is 6.01. The molecule has 0 spiro atoms. The van der Waals surface area contributed by atoms with Crippen LogP contribution in [-0.2, 0) is 6.42 Å². The molecule has 1 aliphatic heterocycles.